The van der Waals surface area contributed by atoms with E-state index in [1.807, 2.05) is 0 Å². The number of nitrogens with one attached hydrogen (secondary N) is 5. The van der Waals surface area contributed by atoms with E-state index in [4.69, 9.17) is 16.6 Å². The van der Waals surface area contributed by atoms with E-state index in [1.165, 1.54) is 13.8 Å². The van der Waals surface area contributed by atoms with Crippen LogP contribution in [0.15, 0.2) is 60.7 Å². The molecule has 0 radical (unpaired) electrons. The van der Waals surface area contributed by atoms with E-state index in [2.05, 4.69) is 26.6 Å². The minimum Gasteiger partial charge on any atom is -0.481 e. The second-order valence-electron chi connectivity index (χ2n) is 11.9. The van der Waals surface area contributed by atoms with Gasteiger partial charge in [0.15, 0.2) is 0 Å². The van der Waals surface area contributed by atoms with Gasteiger partial charge in [-0.25, -0.2) is 4.79 Å². The highest BCUT2D eigenvalue weighted by Gasteiger charge is 2.31. The number of nitrogens with two attached hydrogens (primary N) is 2. The molecular weight excluding hydrogens is 666 g/mol. The van der Waals surface area contributed by atoms with E-state index in [0.717, 1.165) is 5.56 Å². The lowest BCUT2D eigenvalue weighted by molar-refractivity contribution is -0.142. The second kappa shape index (κ2) is 20.6. The first-order chi connectivity index (χ1) is 24.1. The van der Waals surface area contributed by atoms with Crippen molar-refractivity contribution in [2.75, 3.05) is 0 Å². The van der Waals surface area contributed by atoms with E-state index in [0.29, 0.717) is 5.56 Å². The average Bonchev–Trinajstić information content (AvgIpc) is 3.08. The number of carboxylic acids is 2. The third-order valence-corrected chi connectivity index (χ3v) is 7.63. The smallest absolute Gasteiger partial charge is 0.326 e. The third-order valence-electron chi connectivity index (χ3n) is 7.63. The zero-order valence-corrected chi connectivity index (χ0v) is 28.3. The van der Waals surface area contributed by atoms with Crippen LogP contribution in [0.1, 0.15) is 50.7 Å². The fourth-order valence-corrected chi connectivity index (χ4v) is 4.73. The summed E-state index contributed by atoms with van der Waals surface area (Å²) in [4.78, 5) is 99.3. The fraction of sp³-hybridized carbons (Fsp3) is 0.412. The number of aliphatic carboxylic acids is 2. The molecule has 0 aromatic heterocycles. The highest BCUT2D eigenvalue weighted by Crippen LogP contribution is 2.07. The van der Waals surface area contributed by atoms with Crippen molar-refractivity contribution in [3.63, 3.8) is 0 Å². The van der Waals surface area contributed by atoms with Gasteiger partial charge in [-0.15, -0.1) is 0 Å². The van der Waals surface area contributed by atoms with E-state index in [9.17, 15) is 43.5 Å². The minimum absolute atomic E-state index is 0.0494. The number of hydrogen-bond donors (Lipinski definition) is 9. The molecule has 0 saturated carbocycles. The monoisotopic (exact) mass is 711 g/mol. The largest absolute Gasteiger partial charge is 0.481 e. The topological polar surface area (TPSA) is 289 Å². The molecule has 6 atom stereocenters. The molecule has 2 aromatic rings. The number of primary amides is 1. The van der Waals surface area contributed by atoms with Crippen LogP contribution in [-0.4, -0.2) is 93.8 Å². The molecule has 17 heteroatoms. The minimum atomic E-state index is -1.47. The molecule has 6 amide bonds. The van der Waals surface area contributed by atoms with Crippen LogP contribution in [0.5, 0.6) is 0 Å². The Bertz CT molecular complexity index is 1540. The maximum atomic E-state index is 13.2. The van der Waals surface area contributed by atoms with Crippen LogP contribution < -0.4 is 38.1 Å². The van der Waals surface area contributed by atoms with Crippen molar-refractivity contribution < 1.29 is 48.6 Å². The Balaban J connectivity index is 2.07. The number of amides is 6. The van der Waals surface area contributed by atoms with Gasteiger partial charge in [0.1, 0.15) is 30.2 Å². The molecule has 276 valence electrons. The molecule has 0 unspecified atom stereocenters. The summed E-state index contributed by atoms with van der Waals surface area (Å²) in [6, 6.07) is 9.72. The molecule has 0 aliphatic heterocycles. The first-order valence-electron chi connectivity index (χ1n) is 16.2. The Hall–Kier alpha value is -5.84. The van der Waals surface area contributed by atoms with Gasteiger partial charge in [-0.3, -0.25) is 33.6 Å². The molecule has 0 bridgehead atoms. The quantitative estimate of drug-likeness (QED) is 0.0716. The van der Waals surface area contributed by atoms with Crippen LogP contribution in [-0.2, 0) is 51.2 Å². The molecule has 2 aromatic carbocycles. The van der Waals surface area contributed by atoms with Crippen molar-refractivity contribution in [1.29, 1.82) is 0 Å². The molecular formula is C34H45N7O10. The fourth-order valence-electron chi connectivity index (χ4n) is 4.73. The molecule has 51 heavy (non-hydrogen) atoms. The highest BCUT2D eigenvalue weighted by molar-refractivity contribution is 5.96. The third kappa shape index (κ3) is 15.1. The van der Waals surface area contributed by atoms with Gasteiger partial charge in [0, 0.05) is 19.3 Å². The lowest BCUT2D eigenvalue weighted by Crippen LogP contribution is -2.58. The zero-order valence-electron chi connectivity index (χ0n) is 28.3. The van der Waals surface area contributed by atoms with Crippen molar-refractivity contribution in [2.45, 2.75) is 88.6 Å². The Morgan fingerprint density at radius 3 is 1.51 bits per heavy atom. The summed E-state index contributed by atoms with van der Waals surface area (Å²) in [5, 5.41) is 30.7. The van der Waals surface area contributed by atoms with E-state index in [-0.39, 0.29) is 32.1 Å². The highest BCUT2D eigenvalue weighted by atomic mass is 16.4. The Labute approximate surface area is 294 Å². The summed E-state index contributed by atoms with van der Waals surface area (Å²) in [6.07, 6.45) is -1.25. The van der Waals surface area contributed by atoms with Crippen molar-refractivity contribution in [1.82, 2.24) is 26.6 Å². The Kier molecular flexibility index (Phi) is 16.7. The molecule has 0 fully saturated rings. The molecule has 0 saturated heterocycles. The van der Waals surface area contributed by atoms with Gasteiger partial charge in [-0.2, -0.15) is 0 Å². The van der Waals surface area contributed by atoms with Crippen molar-refractivity contribution >= 4 is 47.4 Å². The Morgan fingerprint density at radius 2 is 1.00 bits per heavy atom. The predicted molar refractivity (Wildman–Crippen MR) is 182 cm³/mol. The van der Waals surface area contributed by atoms with Gasteiger partial charge in [0.05, 0.1) is 6.04 Å². The number of benzene rings is 2. The first-order valence-corrected chi connectivity index (χ1v) is 16.2. The zero-order chi connectivity index (χ0) is 38.1. The molecule has 2 rings (SSSR count). The van der Waals surface area contributed by atoms with Gasteiger partial charge < -0.3 is 48.3 Å². The second-order valence-corrected chi connectivity index (χ2v) is 11.9. The lowest BCUT2D eigenvalue weighted by Gasteiger charge is -2.25. The van der Waals surface area contributed by atoms with Gasteiger partial charge in [-0.05, 0) is 44.2 Å². The average molecular weight is 712 g/mol. The molecule has 0 heterocycles. The number of carbonyl (C=O) groups is 8. The van der Waals surface area contributed by atoms with Crippen LogP contribution in [0.2, 0.25) is 0 Å². The van der Waals surface area contributed by atoms with Crippen LogP contribution in [0.25, 0.3) is 0 Å². The Morgan fingerprint density at radius 1 is 0.569 bits per heavy atom. The molecule has 17 nitrogen and oxygen atoms in total. The molecule has 0 spiro atoms. The summed E-state index contributed by atoms with van der Waals surface area (Å²) >= 11 is 0. The number of carboxylic acid groups (broad SMARTS) is 2. The van der Waals surface area contributed by atoms with Gasteiger partial charge in [0.2, 0.25) is 35.4 Å². The van der Waals surface area contributed by atoms with Crippen LogP contribution in [0.4, 0.5) is 0 Å². The summed E-state index contributed by atoms with van der Waals surface area (Å²) in [7, 11) is 0. The number of carbonyl (C=O) groups excluding carboxylic acids is 6. The standard InChI is InChI=1S/C34H45N7O10/c1-19(38-32(48)24(14-16-28(43)44)39-31(47)23(35)17-21-9-5-3-6-10-21)29(45)37-20(2)30(46)41-26(18-22-11-7-4-8-12-22)33(49)40-25(34(50)51)13-15-27(36)42/h3-12,19-20,23-26H,13-18,35H2,1-2H3,(H2,36,42)(H,37,45)(H,38,48)(H,39,47)(H,40,49)(H,41,46)(H,43,44)(H,50,51)/t19-,20-,23-,24-,25-,26-/m0/s1. The molecule has 11 N–H and O–H groups in total. The van der Waals surface area contributed by atoms with Gasteiger partial charge in [-0.1, -0.05) is 60.7 Å². The first kappa shape index (κ1) is 41.3. The summed E-state index contributed by atoms with van der Waals surface area (Å²) in [6.45, 7) is 2.62. The lowest BCUT2D eigenvalue weighted by atomic mass is 10.0. The summed E-state index contributed by atoms with van der Waals surface area (Å²) in [5.74, 6) is -7.46. The van der Waals surface area contributed by atoms with Crippen molar-refractivity contribution in [2.24, 2.45) is 11.5 Å². The maximum Gasteiger partial charge on any atom is 0.326 e. The molecule has 0 aliphatic carbocycles. The van der Waals surface area contributed by atoms with Crippen LogP contribution in [0, 0.1) is 0 Å². The van der Waals surface area contributed by atoms with E-state index < -0.39 is 90.1 Å². The number of hydrogen-bond acceptors (Lipinski definition) is 9. The van der Waals surface area contributed by atoms with Crippen LogP contribution >= 0.6 is 0 Å². The van der Waals surface area contributed by atoms with Crippen molar-refractivity contribution in [3.05, 3.63) is 71.8 Å². The SMILES string of the molecule is C[C@H](NC(=O)[C@H](C)NC(=O)[C@H](CCC(=O)O)NC(=O)[C@@H](N)Cc1ccccc1)C(=O)N[C@@H](Cc1ccccc1)C(=O)N[C@@H](CCC(N)=O)C(=O)O. The number of rotatable bonds is 21. The van der Waals surface area contributed by atoms with Gasteiger partial charge >= 0.3 is 11.9 Å². The van der Waals surface area contributed by atoms with Gasteiger partial charge in [0.25, 0.3) is 0 Å². The summed E-state index contributed by atoms with van der Waals surface area (Å²) in [5.41, 5.74) is 12.5. The van der Waals surface area contributed by atoms with Crippen molar-refractivity contribution in [3.8, 4) is 0 Å². The predicted octanol–water partition coefficient (Wildman–Crippen LogP) is -1.52. The van der Waals surface area contributed by atoms with E-state index in [1.54, 1.807) is 60.7 Å². The maximum absolute atomic E-state index is 13.2. The normalized spacial score (nSPS) is 14.3. The van der Waals surface area contributed by atoms with Crippen LogP contribution in [0.3, 0.4) is 0 Å². The van der Waals surface area contributed by atoms with E-state index >= 15 is 0 Å². The molecule has 0 aliphatic rings. The summed E-state index contributed by atoms with van der Waals surface area (Å²) < 4.78 is 0.